The molecule has 2 aromatic heterocycles. The maximum absolute atomic E-state index is 13.3. The third kappa shape index (κ3) is 4.95. The van der Waals surface area contributed by atoms with Crippen molar-refractivity contribution < 1.29 is 4.79 Å². The lowest BCUT2D eigenvalue weighted by atomic mass is 10.1. The molecule has 8 heteroatoms. The minimum atomic E-state index is -0.156. The van der Waals surface area contributed by atoms with E-state index in [9.17, 15) is 9.59 Å². The topological polar surface area (TPSA) is 81.3 Å². The second-order valence-corrected chi connectivity index (χ2v) is 9.98. The van der Waals surface area contributed by atoms with Gasteiger partial charge in [-0.05, 0) is 35.6 Å². The summed E-state index contributed by atoms with van der Waals surface area (Å²) in [5, 5.41) is 13.0. The van der Waals surface area contributed by atoms with Crippen molar-refractivity contribution in [3.63, 3.8) is 0 Å². The Hall–Kier alpha value is -3.13. The van der Waals surface area contributed by atoms with Gasteiger partial charge in [-0.3, -0.25) is 18.6 Å². The van der Waals surface area contributed by atoms with Crippen LogP contribution in [0.4, 0.5) is 0 Å². The number of carbonyl (C=O) groups excluding carboxylic acids is 1. The highest BCUT2D eigenvalue weighted by molar-refractivity contribution is 7.98. The Kier molecular flexibility index (Phi) is 6.83. The first-order valence-corrected chi connectivity index (χ1v) is 12.2. The molecule has 0 fully saturated rings. The summed E-state index contributed by atoms with van der Waals surface area (Å²) in [7, 11) is 0. The van der Waals surface area contributed by atoms with E-state index in [4.69, 9.17) is 0 Å². The zero-order valence-electron chi connectivity index (χ0n) is 19.4. The standard InChI is InChI=1S/C25H29N5O2S/c1-16(2)13-26-22(31)19-10-11-20-21(12-19)30-24(29(23(20)32)14-17(3)4)27-28-25(30)33-15-18-8-6-5-7-9-18/h5-12,16-17H,13-15H2,1-4H3,(H,26,31). The lowest BCUT2D eigenvalue weighted by molar-refractivity contribution is 0.0949. The van der Waals surface area contributed by atoms with Crippen LogP contribution in [0.3, 0.4) is 0 Å². The van der Waals surface area contributed by atoms with E-state index in [1.54, 1.807) is 34.5 Å². The number of aromatic nitrogens is 4. The van der Waals surface area contributed by atoms with Crippen molar-refractivity contribution in [2.75, 3.05) is 6.54 Å². The average molecular weight is 464 g/mol. The molecule has 7 nitrogen and oxygen atoms in total. The molecule has 33 heavy (non-hydrogen) atoms. The molecule has 1 N–H and O–H groups in total. The first-order valence-electron chi connectivity index (χ1n) is 11.2. The van der Waals surface area contributed by atoms with Gasteiger partial charge in [-0.25, -0.2) is 0 Å². The van der Waals surface area contributed by atoms with Crippen molar-refractivity contribution in [3.05, 3.63) is 70.0 Å². The van der Waals surface area contributed by atoms with Gasteiger partial charge < -0.3 is 5.32 Å². The molecule has 0 aliphatic carbocycles. The average Bonchev–Trinajstić information content (AvgIpc) is 3.23. The van der Waals surface area contributed by atoms with Crippen molar-refractivity contribution in [3.8, 4) is 0 Å². The predicted molar refractivity (Wildman–Crippen MR) is 133 cm³/mol. The number of hydrogen-bond acceptors (Lipinski definition) is 5. The van der Waals surface area contributed by atoms with E-state index in [1.165, 1.54) is 5.56 Å². The summed E-state index contributed by atoms with van der Waals surface area (Å²) in [6.45, 7) is 9.36. The van der Waals surface area contributed by atoms with E-state index in [0.29, 0.717) is 46.4 Å². The number of carbonyl (C=O) groups is 1. The van der Waals surface area contributed by atoms with Gasteiger partial charge in [0.2, 0.25) is 5.78 Å². The first-order chi connectivity index (χ1) is 15.8. The third-order valence-corrected chi connectivity index (χ3v) is 6.26. The number of amides is 1. The van der Waals surface area contributed by atoms with Crippen LogP contribution in [0.25, 0.3) is 16.7 Å². The number of hydrogen-bond donors (Lipinski definition) is 1. The van der Waals surface area contributed by atoms with Crippen molar-refractivity contribution in [1.29, 1.82) is 0 Å². The fourth-order valence-corrected chi connectivity index (χ4v) is 4.56. The van der Waals surface area contributed by atoms with Gasteiger partial charge in [0.1, 0.15) is 0 Å². The lowest BCUT2D eigenvalue weighted by Gasteiger charge is -2.14. The molecule has 0 radical (unpaired) electrons. The molecule has 0 atom stereocenters. The SMILES string of the molecule is CC(C)CNC(=O)c1ccc2c(=O)n(CC(C)C)c3nnc(SCc4ccccc4)n3c2c1. The summed E-state index contributed by atoms with van der Waals surface area (Å²) in [4.78, 5) is 26.1. The molecule has 0 saturated heterocycles. The zero-order chi connectivity index (χ0) is 23.5. The first kappa shape index (κ1) is 23.0. The monoisotopic (exact) mass is 463 g/mol. The molecule has 0 unspecified atom stereocenters. The number of rotatable bonds is 8. The van der Waals surface area contributed by atoms with E-state index in [2.05, 4.69) is 55.3 Å². The van der Waals surface area contributed by atoms with Crippen LogP contribution in [0.5, 0.6) is 0 Å². The fraction of sp³-hybridized carbons (Fsp3) is 0.360. The van der Waals surface area contributed by atoms with Crippen LogP contribution in [0, 0.1) is 11.8 Å². The summed E-state index contributed by atoms with van der Waals surface area (Å²) < 4.78 is 3.59. The highest BCUT2D eigenvalue weighted by Gasteiger charge is 2.19. The van der Waals surface area contributed by atoms with Crippen molar-refractivity contribution in [1.82, 2.24) is 24.5 Å². The quantitative estimate of drug-likeness (QED) is 0.392. The van der Waals surface area contributed by atoms with Crippen LogP contribution in [0.2, 0.25) is 0 Å². The Labute approximate surface area is 197 Å². The molecule has 0 saturated carbocycles. The summed E-state index contributed by atoms with van der Waals surface area (Å²) in [5.41, 5.74) is 2.21. The summed E-state index contributed by atoms with van der Waals surface area (Å²) >= 11 is 1.56. The van der Waals surface area contributed by atoms with Crippen LogP contribution in [0.15, 0.2) is 58.5 Å². The van der Waals surface area contributed by atoms with Crippen LogP contribution < -0.4 is 10.9 Å². The smallest absolute Gasteiger partial charge is 0.262 e. The molecule has 4 aromatic rings. The van der Waals surface area contributed by atoms with E-state index < -0.39 is 0 Å². The van der Waals surface area contributed by atoms with Gasteiger partial charge >= 0.3 is 0 Å². The van der Waals surface area contributed by atoms with E-state index in [0.717, 1.165) is 5.75 Å². The maximum Gasteiger partial charge on any atom is 0.262 e. The van der Waals surface area contributed by atoms with E-state index in [1.807, 2.05) is 22.6 Å². The van der Waals surface area contributed by atoms with Gasteiger partial charge in [0.15, 0.2) is 5.16 Å². The molecular weight excluding hydrogens is 434 g/mol. The number of fused-ring (bicyclic) bond motifs is 3. The van der Waals surface area contributed by atoms with Gasteiger partial charge in [-0.2, -0.15) is 0 Å². The van der Waals surface area contributed by atoms with E-state index >= 15 is 0 Å². The molecular formula is C25H29N5O2S. The Morgan fingerprint density at radius 1 is 1.03 bits per heavy atom. The summed E-state index contributed by atoms with van der Waals surface area (Å²) in [6, 6.07) is 15.4. The summed E-state index contributed by atoms with van der Waals surface area (Å²) in [6.07, 6.45) is 0. The van der Waals surface area contributed by atoms with Crippen molar-refractivity contribution in [2.24, 2.45) is 11.8 Å². The van der Waals surface area contributed by atoms with Crippen LogP contribution in [-0.2, 0) is 12.3 Å². The minimum absolute atomic E-state index is 0.118. The molecule has 172 valence electrons. The second kappa shape index (κ2) is 9.79. The Bertz CT molecular complexity index is 1340. The van der Waals surface area contributed by atoms with Gasteiger partial charge in [0.05, 0.1) is 10.9 Å². The number of thioether (sulfide) groups is 1. The highest BCUT2D eigenvalue weighted by Crippen LogP contribution is 2.25. The number of nitrogens with zero attached hydrogens (tertiary/aromatic N) is 4. The second-order valence-electron chi connectivity index (χ2n) is 9.04. The molecule has 0 aliphatic rings. The van der Waals surface area contributed by atoms with Gasteiger partial charge in [0, 0.05) is 24.4 Å². The van der Waals surface area contributed by atoms with Crippen molar-refractivity contribution in [2.45, 2.75) is 45.1 Å². The zero-order valence-corrected chi connectivity index (χ0v) is 20.2. The molecule has 4 rings (SSSR count). The van der Waals surface area contributed by atoms with Crippen LogP contribution in [-0.4, -0.2) is 31.6 Å². The minimum Gasteiger partial charge on any atom is -0.352 e. The van der Waals surface area contributed by atoms with Gasteiger partial charge in [-0.1, -0.05) is 69.8 Å². The summed E-state index contributed by atoms with van der Waals surface area (Å²) in [5.74, 6) is 1.68. The fourth-order valence-electron chi connectivity index (χ4n) is 3.67. The van der Waals surface area contributed by atoms with Gasteiger partial charge in [-0.15, -0.1) is 10.2 Å². The van der Waals surface area contributed by atoms with Crippen molar-refractivity contribution >= 4 is 34.3 Å². The Balaban J connectivity index is 1.85. The number of nitrogens with one attached hydrogen (secondary N) is 1. The molecule has 2 heterocycles. The largest absolute Gasteiger partial charge is 0.352 e. The van der Waals surface area contributed by atoms with Gasteiger partial charge in [0.25, 0.3) is 11.5 Å². The van der Waals surface area contributed by atoms with E-state index in [-0.39, 0.29) is 17.4 Å². The third-order valence-electron chi connectivity index (χ3n) is 5.26. The predicted octanol–water partition coefficient (Wildman–Crippen LogP) is 4.38. The Morgan fingerprint density at radius 2 is 1.79 bits per heavy atom. The molecule has 1 amide bonds. The molecule has 0 aliphatic heterocycles. The van der Waals surface area contributed by atoms with Crippen LogP contribution >= 0.6 is 11.8 Å². The normalized spacial score (nSPS) is 11.7. The number of benzene rings is 2. The lowest BCUT2D eigenvalue weighted by Crippen LogP contribution is -2.28. The molecule has 0 bridgehead atoms. The molecule has 0 spiro atoms. The van der Waals surface area contributed by atoms with Crippen LogP contribution in [0.1, 0.15) is 43.6 Å². The Morgan fingerprint density at radius 3 is 2.48 bits per heavy atom. The maximum atomic E-state index is 13.3. The molecule has 2 aromatic carbocycles. The highest BCUT2D eigenvalue weighted by atomic mass is 32.2.